The second kappa shape index (κ2) is 4.00. The minimum Gasteiger partial charge on any atom is -0.392 e. The van der Waals surface area contributed by atoms with E-state index in [1.54, 1.807) is 17.8 Å². The second-order valence-electron chi connectivity index (χ2n) is 2.08. The maximum absolute atomic E-state index is 8.93. The number of hydrogen-bond donors (Lipinski definition) is 1. The molecule has 0 aliphatic rings. The third-order valence-corrected chi connectivity index (χ3v) is 2.63. The van der Waals surface area contributed by atoms with Crippen LogP contribution >= 0.6 is 23.4 Å². The van der Waals surface area contributed by atoms with Crippen LogP contribution in [0.5, 0.6) is 0 Å². The molecule has 1 N–H and O–H groups in total. The van der Waals surface area contributed by atoms with Gasteiger partial charge in [-0.15, -0.1) is 11.8 Å². The fourth-order valence-electron chi connectivity index (χ4n) is 0.884. The average Bonchev–Trinajstić information content (AvgIpc) is 2.04. The van der Waals surface area contributed by atoms with Crippen molar-refractivity contribution in [3.05, 3.63) is 28.8 Å². The lowest BCUT2D eigenvalue weighted by Gasteiger charge is -2.04. The van der Waals surface area contributed by atoms with Crippen molar-refractivity contribution in [2.75, 3.05) is 6.26 Å². The molecule has 3 heteroatoms. The van der Waals surface area contributed by atoms with E-state index >= 15 is 0 Å². The summed E-state index contributed by atoms with van der Waals surface area (Å²) in [5, 5.41) is 9.57. The van der Waals surface area contributed by atoms with Gasteiger partial charge in [-0.25, -0.2) is 0 Å². The van der Waals surface area contributed by atoms with Gasteiger partial charge in [-0.3, -0.25) is 0 Å². The first kappa shape index (κ1) is 8.91. The molecule has 0 aromatic heterocycles. The molecule has 0 unspecified atom stereocenters. The Balaban J connectivity index is 3.13. The zero-order chi connectivity index (χ0) is 8.27. The summed E-state index contributed by atoms with van der Waals surface area (Å²) in [5.41, 5.74) is 0.821. The second-order valence-corrected chi connectivity index (χ2v) is 3.33. The number of aliphatic hydroxyl groups excluding tert-OH is 1. The van der Waals surface area contributed by atoms with Gasteiger partial charge in [0.15, 0.2) is 0 Å². The Morgan fingerprint density at radius 1 is 1.55 bits per heavy atom. The van der Waals surface area contributed by atoms with Gasteiger partial charge in [0.1, 0.15) is 0 Å². The lowest BCUT2D eigenvalue weighted by atomic mass is 10.2. The first-order valence-electron chi connectivity index (χ1n) is 3.22. The predicted octanol–water partition coefficient (Wildman–Crippen LogP) is 2.55. The molecule has 0 fully saturated rings. The van der Waals surface area contributed by atoms with Crippen molar-refractivity contribution in [3.8, 4) is 0 Å². The van der Waals surface area contributed by atoms with E-state index < -0.39 is 0 Å². The summed E-state index contributed by atoms with van der Waals surface area (Å²) in [6, 6.07) is 5.61. The predicted molar refractivity (Wildman–Crippen MR) is 49.2 cm³/mol. The molecule has 0 amide bonds. The lowest BCUT2D eigenvalue weighted by Crippen LogP contribution is -1.87. The van der Waals surface area contributed by atoms with Gasteiger partial charge >= 0.3 is 0 Å². The van der Waals surface area contributed by atoms with Gasteiger partial charge in [-0.1, -0.05) is 17.7 Å². The number of rotatable bonds is 2. The van der Waals surface area contributed by atoms with Gasteiger partial charge < -0.3 is 5.11 Å². The molecular weight excluding hydrogens is 180 g/mol. The third-order valence-electron chi connectivity index (χ3n) is 1.45. The molecular formula is C8H9ClOS. The van der Waals surface area contributed by atoms with E-state index in [-0.39, 0.29) is 6.61 Å². The quantitative estimate of drug-likeness (QED) is 0.720. The van der Waals surface area contributed by atoms with Crippen molar-refractivity contribution in [3.63, 3.8) is 0 Å². The van der Waals surface area contributed by atoms with Crippen molar-refractivity contribution in [1.82, 2.24) is 0 Å². The van der Waals surface area contributed by atoms with Crippen LogP contribution in [0.4, 0.5) is 0 Å². The highest BCUT2D eigenvalue weighted by Gasteiger charge is 2.03. The minimum atomic E-state index is 0.00977. The molecule has 0 saturated carbocycles. The molecule has 0 heterocycles. The Kier molecular flexibility index (Phi) is 3.24. The molecule has 0 bridgehead atoms. The molecule has 1 nitrogen and oxygen atoms in total. The number of aliphatic hydroxyl groups is 1. The largest absolute Gasteiger partial charge is 0.392 e. The molecule has 0 atom stereocenters. The molecule has 0 saturated heterocycles. The van der Waals surface area contributed by atoms with Crippen LogP contribution in [0.1, 0.15) is 5.56 Å². The third kappa shape index (κ3) is 1.89. The van der Waals surface area contributed by atoms with E-state index in [1.165, 1.54) is 0 Å². The van der Waals surface area contributed by atoms with Gasteiger partial charge in [0, 0.05) is 15.5 Å². The van der Waals surface area contributed by atoms with E-state index in [0.29, 0.717) is 5.02 Å². The lowest BCUT2D eigenvalue weighted by molar-refractivity contribution is 0.279. The molecule has 0 radical (unpaired) electrons. The van der Waals surface area contributed by atoms with Crippen LogP contribution in [-0.2, 0) is 6.61 Å². The van der Waals surface area contributed by atoms with Crippen LogP contribution < -0.4 is 0 Å². The smallest absolute Gasteiger partial charge is 0.0707 e. The van der Waals surface area contributed by atoms with E-state index in [4.69, 9.17) is 16.7 Å². The van der Waals surface area contributed by atoms with Crippen molar-refractivity contribution in [2.45, 2.75) is 11.5 Å². The van der Waals surface area contributed by atoms with E-state index in [1.807, 2.05) is 18.4 Å². The molecule has 11 heavy (non-hydrogen) atoms. The van der Waals surface area contributed by atoms with Crippen LogP contribution in [0, 0.1) is 0 Å². The number of thioether (sulfide) groups is 1. The highest BCUT2D eigenvalue weighted by Crippen LogP contribution is 2.26. The number of hydrogen-bond acceptors (Lipinski definition) is 2. The van der Waals surface area contributed by atoms with Crippen molar-refractivity contribution in [1.29, 1.82) is 0 Å². The normalized spacial score (nSPS) is 10.1. The molecule has 1 aromatic rings. The Morgan fingerprint density at radius 3 is 2.73 bits per heavy atom. The first-order chi connectivity index (χ1) is 5.29. The molecule has 1 rings (SSSR count). The maximum atomic E-state index is 8.93. The Hall–Kier alpha value is -0.180. The molecule has 60 valence electrons. The number of halogens is 1. The first-order valence-corrected chi connectivity index (χ1v) is 4.82. The SMILES string of the molecule is CSc1cccc(Cl)c1CO. The minimum absolute atomic E-state index is 0.00977. The molecule has 0 aliphatic carbocycles. The number of benzene rings is 1. The fourth-order valence-corrected chi connectivity index (χ4v) is 1.81. The Bertz CT molecular complexity index is 250. The highest BCUT2D eigenvalue weighted by molar-refractivity contribution is 7.98. The van der Waals surface area contributed by atoms with Crippen molar-refractivity contribution in [2.24, 2.45) is 0 Å². The van der Waals surface area contributed by atoms with Gasteiger partial charge in [0.25, 0.3) is 0 Å². The summed E-state index contributed by atoms with van der Waals surface area (Å²) in [7, 11) is 0. The average molecular weight is 189 g/mol. The van der Waals surface area contributed by atoms with Gasteiger partial charge in [-0.05, 0) is 18.4 Å². The maximum Gasteiger partial charge on any atom is 0.0707 e. The molecule has 0 spiro atoms. The highest BCUT2D eigenvalue weighted by atomic mass is 35.5. The van der Waals surface area contributed by atoms with Crippen LogP contribution in [0.15, 0.2) is 23.1 Å². The Labute approximate surface area is 75.4 Å². The zero-order valence-corrected chi connectivity index (χ0v) is 7.75. The van der Waals surface area contributed by atoms with E-state index in [0.717, 1.165) is 10.5 Å². The zero-order valence-electron chi connectivity index (χ0n) is 6.17. The van der Waals surface area contributed by atoms with E-state index in [9.17, 15) is 0 Å². The summed E-state index contributed by atoms with van der Waals surface area (Å²) < 4.78 is 0. The van der Waals surface area contributed by atoms with Crippen LogP contribution in [0.2, 0.25) is 5.02 Å². The monoisotopic (exact) mass is 188 g/mol. The topological polar surface area (TPSA) is 20.2 Å². The Morgan fingerprint density at radius 2 is 2.27 bits per heavy atom. The van der Waals surface area contributed by atoms with Crippen LogP contribution in [0.3, 0.4) is 0 Å². The van der Waals surface area contributed by atoms with Gasteiger partial charge in [-0.2, -0.15) is 0 Å². The summed E-state index contributed by atoms with van der Waals surface area (Å²) in [6.07, 6.45) is 1.96. The summed E-state index contributed by atoms with van der Waals surface area (Å²) in [4.78, 5) is 1.04. The van der Waals surface area contributed by atoms with Gasteiger partial charge in [0.2, 0.25) is 0 Å². The summed E-state index contributed by atoms with van der Waals surface area (Å²) in [6.45, 7) is 0.00977. The molecule has 1 aromatic carbocycles. The van der Waals surface area contributed by atoms with Crippen molar-refractivity contribution >= 4 is 23.4 Å². The fraction of sp³-hybridized carbons (Fsp3) is 0.250. The summed E-state index contributed by atoms with van der Waals surface area (Å²) >= 11 is 7.42. The van der Waals surface area contributed by atoms with Crippen LogP contribution in [-0.4, -0.2) is 11.4 Å². The van der Waals surface area contributed by atoms with Crippen molar-refractivity contribution < 1.29 is 5.11 Å². The summed E-state index contributed by atoms with van der Waals surface area (Å²) in [5.74, 6) is 0. The molecule has 0 aliphatic heterocycles. The van der Waals surface area contributed by atoms with Crippen LogP contribution in [0.25, 0.3) is 0 Å². The standard InChI is InChI=1S/C8H9ClOS/c1-11-8-4-2-3-7(9)6(8)5-10/h2-4,10H,5H2,1H3. The van der Waals surface area contributed by atoms with E-state index in [2.05, 4.69) is 0 Å². The van der Waals surface area contributed by atoms with Gasteiger partial charge in [0.05, 0.1) is 6.61 Å².